The number of benzene rings is 2. The van der Waals surface area contributed by atoms with Crippen LogP contribution in [-0.2, 0) is 4.79 Å². The molecule has 2 heterocycles. The number of thioether (sulfide) groups is 1. The maximum atomic E-state index is 12.9. The number of aryl methyl sites for hydroxylation is 1. The predicted octanol–water partition coefficient (Wildman–Crippen LogP) is 4.72. The van der Waals surface area contributed by atoms with Crippen LogP contribution < -0.4 is 0 Å². The van der Waals surface area contributed by atoms with Gasteiger partial charge in [0, 0.05) is 24.1 Å². The second kappa shape index (κ2) is 9.03. The van der Waals surface area contributed by atoms with Crippen LogP contribution in [0.2, 0.25) is 0 Å². The minimum absolute atomic E-state index is 0.164. The van der Waals surface area contributed by atoms with Crippen molar-refractivity contribution in [2.24, 2.45) is 4.99 Å². The van der Waals surface area contributed by atoms with Gasteiger partial charge in [-0.25, -0.2) is 14.6 Å². The number of carboxylic acid groups (broad SMARTS) is 2. The van der Waals surface area contributed by atoms with Crippen LogP contribution in [0.5, 0.6) is 0 Å². The molecule has 0 aliphatic carbocycles. The van der Waals surface area contributed by atoms with E-state index in [0.29, 0.717) is 15.8 Å². The van der Waals surface area contributed by atoms with E-state index in [-0.39, 0.29) is 17.0 Å². The molecule has 4 rings (SSSR count). The summed E-state index contributed by atoms with van der Waals surface area (Å²) in [5, 5.41) is 18.8. The number of rotatable bonds is 5. The Kier molecular flexibility index (Phi) is 6.12. The number of carboxylic acids is 2. The highest BCUT2D eigenvalue weighted by molar-refractivity contribution is 8.18. The summed E-state index contributed by atoms with van der Waals surface area (Å²) in [7, 11) is 1.64. The van der Waals surface area contributed by atoms with Crippen LogP contribution in [0, 0.1) is 13.8 Å². The van der Waals surface area contributed by atoms with Gasteiger partial charge in [-0.3, -0.25) is 9.69 Å². The molecule has 1 saturated heterocycles. The van der Waals surface area contributed by atoms with E-state index in [2.05, 4.69) is 4.99 Å². The molecule has 2 N–H and O–H groups in total. The van der Waals surface area contributed by atoms with Gasteiger partial charge >= 0.3 is 11.9 Å². The monoisotopic (exact) mass is 475 g/mol. The molecular weight excluding hydrogens is 454 g/mol. The summed E-state index contributed by atoms with van der Waals surface area (Å²) in [5.41, 5.74) is 4.26. The van der Waals surface area contributed by atoms with E-state index in [1.165, 1.54) is 28.8 Å². The number of amidine groups is 1. The summed E-state index contributed by atoms with van der Waals surface area (Å²) in [5.74, 6) is -2.20. The normalized spacial score (nSPS) is 16.0. The lowest BCUT2D eigenvalue weighted by Gasteiger charge is -2.10. The predicted molar refractivity (Wildman–Crippen MR) is 131 cm³/mol. The Balaban J connectivity index is 1.65. The van der Waals surface area contributed by atoms with Crippen LogP contribution in [0.25, 0.3) is 11.8 Å². The van der Waals surface area contributed by atoms with Crippen LogP contribution in [-0.4, -0.2) is 49.7 Å². The van der Waals surface area contributed by atoms with Crippen molar-refractivity contribution in [2.45, 2.75) is 13.8 Å². The summed E-state index contributed by atoms with van der Waals surface area (Å²) >= 11 is 1.24. The standard InChI is InChI=1S/C25H21N3O5S/c1-14-11-18(15(2)28(14)20-6-4-5-17(12-20)24(32)33)13-21-22(29)27(3)25(34-21)26-19-9-7-16(8-10-19)23(30)31/h4-13H,1-3H3,(H,30,31)(H,32,33)/b21-13-,26-25?. The number of nitrogens with zero attached hydrogens (tertiary/aromatic N) is 3. The molecule has 0 radical (unpaired) electrons. The number of likely N-dealkylation sites (N-methyl/N-ethyl adjacent to an activating group) is 1. The lowest BCUT2D eigenvalue weighted by atomic mass is 10.2. The molecule has 1 fully saturated rings. The molecule has 1 aliphatic rings. The molecule has 8 nitrogen and oxygen atoms in total. The number of carbonyl (C=O) groups is 3. The molecule has 0 bridgehead atoms. The van der Waals surface area contributed by atoms with E-state index in [0.717, 1.165) is 22.6 Å². The van der Waals surface area contributed by atoms with Crippen molar-refractivity contribution in [2.75, 3.05) is 7.05 Å². The summed E-state index contributed by atoms with van der Waals surface area (Å²) in [6.07, 6.45) is 1.80. The molecule has 9 heteroatoms. The Morgan fingerprint density at radius 2 is 1.65 bits per heavy atom. The van der Waals surface area contributed by atoms with Gasteiger partial charge < -0.3 is 14.8 Å². The van der Waals surface area contributed by atoms with E-state index < -0.39 is 11.9 Å². The maximum Gasteiger partial charge on any atom is 0.335 e. The largest absolute Gasteiger partial charge is 0.478 e. The van der Waals surface area contributed by atoms with E-state index in [4.69, 9.17) is 5.11 Å². The van der Waals surface area contributed by atoms with Gasteiger partial charge in [0.25, 0.3) is 5.91 Å². The minimum atomic E-state index is -1.01. The topological polar surface area (TPSA) is 112 Å². The zero-order chi connectivity index (χ0) is 24.6. The van der Waals surface area contributed by atoms with Crippen molar-refractivity contribution in [3.63, 3.8) is 0 Å². The first-order chi connectivity index (χ1) is 16.2. The molecule has 1 aliphatic heterocycles. The van der Waals surface area contributed by atoms with Crippen LogP contribution >= 0.6 is 11.8 Å². The number of hydrogen-bond donors (Lipinski definition) is 2. The van der Waals surface area contributed by atoms with Crippen molar-refractivity contribution in [1.29, 1.82) is 0 Å². The van der Waals surface area contributed by atoms with E-state index in [9.17, 15) is 19.5 Å². The second-order valence-corrected chi connectivity index (χ2v) is 8.75. The number of amides is 1. The molecule has 0 saturated carbocycles. The quantitative estimate of drug-likeness (QED) is 0.516. The smallest absolute Gasteiger partial charge is 0.335 e. The average molecular weight is 476 g/mol. The highest BCUT2D eigenvalue weighted by Gasteiger charge is 2.30. The van der Waals surface area contributed by atoms with Crippen molar-refractivity contribution >= 4 is 46.5 Å². The zero-order valence-electron chi connectivity index (χ0n) is 18.6. The SMILES string of the molecule is Cc1cc(/C=C2\SC(=Nc3ccc(C(=O)O)cc3)N(C)C2=O)c(C)n1-c1cccc(C(=O)O)c1. The third kappa shape index (κ3) is 4.38. The molecule has 1 aromatic heterocycles. The van der Waals surface area contributed by atoms with Crippen LogP contribution in [0.4, 0.5) is 5.69 Å². The molecule has 172 valence electrons. The third-order valence-corrected chi connectivity index (χ3v) is 6.51. The average Bonchev–Trinajstić information content (AvgIpc) is 3.23. The molecule has 3 aromatic rings. The first kappa shape index (κ1) is 23.1. The van der Waals surface area contributed by atoms with Gasteiger partial charge in [-0.2, -0.15) is 0 Å². The van der Waals surface area contributed by atoms with Crippen molar-refractivity contribution < 1.29 is 24.6 Å². The third-order valence-electron chi connectivity index (χ3n) is 5.45. The Morgan fingerprint density at radius 3 is 2.29 bits per heavy atom. The van der Waals surface area contributed by atoms with Crippen LogP contribution in [0.3, 0.4) is 0 Å². The van der Waals surface area contributed by atoms with Gasteiger partial charge in [0.15, 0.2) is 5.17 Å². The van der Waals surface area contributed by atoms with Gasteiger partial charge in [0.2, 0.25) is 0 Å². The summed E-state index contributed by atoms with van der Waals surface area (Å²) in [6, 6.07) is 14.8. The van der Waals surface area contributed by atoms with Gasteiger partial charge in [0.1, 0.15) is 0 Å². The maximum absolute atomic E-state index is 12.9. The molecule has 0 spiro atoms. The molecule has 0 unspecified atom stereocenters. The molecular formula is C25H21N3O5S. The first-order valence-electron chi connectivity index (χ1n) is 10.3. The van der Waals surface area contributed by atoms with E-state index in [1.54, 1.807) is 43.5 Å². The van der Waals surface area contributed by atoms with Crippen LogP contribution in [0.1, 0.15) is 37.7 Å². The van der Waals surface area contributed by atoms with Crippen LogP contribution in [0.15, 0.2) is 64.5 Å². The molecule has 0 atom stereocenters. The van der Waals surface area contributed by atoms with Gasteiger partial charge in [0.05, 0.1) is 21.7 Å². The highest BCUT2D eigenvalue weighted by atomic mass is 32.2. The summed E-state index contributed by atoms with van der Waals surface area (Å²) < 4.78 is 1.95. The van der Waals surface area contributed by atoms with Crippen molar-refractivity contribution in [3.05, 3.63) is 87.6 Å². The zero-order valence-corrected chi connectivity index (χ0v) is 19.5. The molecule has 34 heavy (non-hydrogen) atoms. The lowest BCUT2D eigenvalue weighted by molar-refractivity contribution is -0.121. The second-order valence-electron chi connectivity index (χ2n) is 7.74. The fourth-order valence-corrected chi connectivity index (χ4v) is 4.67. The first-order valence-corrected chi connectivity index (χ1v) is 11.1. The van der Waals surface area contributed by atoms with Crippen molar-refractivity contribution in [3.8, 4) is 5.69 Å². The number of hydrogen-bond acceptors (Lipinski definition) is 5. The Hall–Kier alpha value is -4.11. The number of carbonyl (C=O) groups excluding carboxylic acids is 1. The summed E-state index contributed by atoms with van der Waals surface area (Å²) in [4.78, 5) is 41.7. The van der Waals surface area contributed by atoms with Crippen molar-refractivity contribution in [1.82, 2.24) is 9.47 Å². The Labute approximate surface area is 199 Å². The fourth-order valence-electron chi connectivity index (χ4n) is 3.69. The number of aliphatic imine (C=N–C) groups is 1. The van der Waals surface area contributed by atoms with Gasteiger partial charge in [-0.05, 0) is 85.8 Å². The van der Waals surface area contributed by atoms with E-state index >= 15 is 0 Å². The highest BCUT2D eigenvalue weighted by Crippen LogP contribution is 2.34. The Bertz CT molecular complexity index is 1390. The van der Waals surface area contributed by atoms with E-state index in [1.807, 2.05) is 30.5 Å². The number of aromatic nitrogens is 1. The minimum Gasteiger partial charge on any atom is -0.478 e. The summed E-state index contributed by atoms with van der Waals surface area (Å²) in [6.45, 7) is 3.84. The molecule has 2 aromatic carbocycles. The van der Waals surface area contributed by atoms with Gasteiger partial charge in [-0.15, -0.1) is 0 Å². The lowest BCUT2D eigenvalue weighted by Crippen LogP contribution is -2.23. The fraction of sp³-hybridized carbons (Fsp3) is 0.120. The molecule has 1 amide bonds. The Morgan fingerprint density at radius 1 is 0.971 bits per heavy atom. The van der Waals surface area contributed by atoms with Gasteiger partial charge in [-0.1, -0.05) is 6.07 Å². The number of aromatic carboxylic acids is 2.